The molecule has 1 atom stereocenters. The molecule has 2 nitrogen and oxygen atoms in total. The van der Waals surface area contributed by atoms with Crippen LogP contribution in [0.3, 0.4) is 0 Å². The Morgan fingerprint density at radius 3 is 1.48 bits per heavy atom. The molecule has 0 aromatic carbocycles. The lowest BCUT2D eigenvalue weighted by Gasteiger charge is -2.28. The van der Waals surface area contributed by atoms with E-state index in [1.165, 1.54) is 90.0 Å². The molecule has 0 aromatic heterocycles. The minimum absolute atomic E-state index is 0.567. The Morgan fingerprint density at radius 2 is 1.04 bits per heavy atom. The van der Waals surface area contributed by atoms with E-state index in [9.17, 15) is 0 Å². The molecule has 1 aliphatic heterocycles. The third-order valence-electron chi connectivity index (χ3n) is 5.29. The van der Waals surface area contributed by atoms with Crippen LogP contribution < -0.4 is 0 Å². The van der Waals surface area contributed by atoms with Gasteiger partial charge in [0.2, 0.25) is 0 Å². The van der Waals surface area contributed by atoms with E-state index in [4.69, 9.17) is 0 Å². The summed E-state index contributed by atoms with van der Waals surface area (Å²) in [7, 11) is 0. The van der Waals surface area contributed by atoms with E-state index in [2.05, 4.69) is 43.0 Å². The first-order valence-electron chi connectivity index (χ1n) is 10.5. The summed E-state index contributed by atoms with van der Waals surface area (Å²) in [5.74, 6) is 0. The Balaban J connectivity index is 1.79. The van der Waals surface area contributed by atoms with Gasteiger partial charge in [0.25, 0.3) is 0 Å². The summed E-state index contributed by atoms with van der Waals surface area (Å²) >= 11 is 0. The van der Waals surface area contributed by atoms with Gasteiger partial charge in [-0.3, -0.25) is 0 Å². The first kappa shape index (κ1) is 20.4. The van der Waals surface area contributed by atoms with Gasteiger partial charge in [0.1, 0.15) is 0 Å². The van der Waals surface area contributed by atoms with Gasteiger partial charge in [0.15, 0.2) is 0 Å². The number of hydrogen-bond donors (Lipinski definition) is 0. The zero-order valence-corrected chi connectivity index (χ0v) is 16.2. The van der Waals surface area contributed by atoms with Gasteiger partial charge in [-0.1, -0.05) is 84.0 Å². The van der Waals surface area contributed by atoms with Crippen LogP contribution in [0.15, 0.2) is 12.4 Å². The average molecular weight is 323 g/mol. The Labute approximate surface area is 146 Å². The molecular formula is C21H42N2. The summed E-state index contributed by atoms with van der Waals surface area (Å²) in [6.07, 6.45) is 23.8. The highest BCUT2D eigenvalue weighted by Gasteiger charge is 2.19. The molecule has 0 radical (unpaired) electrons. The smallest absolute Gasteiger partial charge is 0.0977 e. The third kappa shape index (κ3) is 9.27. The number of hydrogen-bond acceptors (Lipinski definition) is 2. The molecule has 0 fully saturated rings. The summed E-state index contributed by atoms with van der Waals surface area (Å²) in [6.45, 7) is 9.18. The van der Waals surface area contributed by atoms with Crippen molar-refractivity contribution in [2.24, 2.45) is 0 Å². The molecule has 1 unspecified atom stereocenters. The first-order chi connectivity index (χ1) is 11.3. The minimum atomic E-state index is 0.567. The lowest BCUT2D eigenvalue weighted by atomic mass is 10.0. The molecule has 0 spiro atoms. The fourth-order valence-corrected chi connectivity index (χ4v) is 3.55. The number of nitrogens with zero attached hydrogens (tertiary/aromatic N) is 2. The molecule has 0 bridgehead atoms. The highest BCUT2D eigenvalue weighted by atomic mass is 15.4. The first-order valence-corrected chi connectivity index (χ1v) is 10.5. The second-order valence-corrected chi connectivity index (χ2v) is 7.24. The van der Waals surface area contributed by atoms with E-state index in [0.29, 0.717) is 6.17 Å². The van der Waals surface area contributed by atoms with Crippen LogP contribution in [0.25, 0.3) is 0 Å². The number of unbranched alkanes of at least 4 members (excludes halogenated alkanes) is 12. The van der Waals surface area contributed by atoms with Gasteiger partial charge >= 0.3 is 0 Å². The van der Waals surface area contributed by atoms with Crippen molar-refractivity contribution < 1.29 is 0 Å². The zero-order chi connectivity index (χ0) is 16.8. The highest BCUT2D eigenvalue weighted by Crippen LogP contribution is 2.17. The van der Waals surface area contributed by atoms with Crippen LogP contribution in [0.4, 0.5) is 0 Å². The molecule has 1 rings (SSSR count). The molecule has 0 amide bonds. The molecule has 0 saturated heterocycles. The van der Waals surface area contributed by atoms with Gasteiger partial charge in [-0.2, -0.15) is 0 Å². The standard InChI is InChI=1S/C21H42N2/c1-4-6-7-8-9-10-11-12-13-14-15-16-17-18-23-20-19-22(5-2)21(23)3/h19-21H,4-18H2,1-3H3. The van der Waals surface area contributed by atoms with E-state index >= 15 is 0 Å². The van der Waals surface area contributed by atoms with Gasteiger partial charge < -0.3 is 9.80 Å². The summed E-state index contributed by atoms with van der Waals surface area (Å²) in [5, 5.41) is 0. The van der Waals surface area contributed by atoms with Crippen molar-refractivity contribution in [1.82, 2.24) is 9.80 Å². The van der Waals surface area contributed by atoms with Crippen LogP contribution >= 0.6 is 0 Å². The molecule has 2 heteroatoms. The fourth-order valence-electron chi connectivity index (χ4n) is 3.55. The molecule has 0 N–H and O–H groups in total. The maximum absolute atomic E-state index is 2.49. The van der Waals surface area contributed by atoms with Crippen molar-refractivity contribution in [2.75, 3.05) is 13.1 Å². The topological polar surface area (TPSA) is 6.48 Å². The third-order valence-corrected chi connectivity index (χ3v) is 5.29. The Bertz CT molecular complexity index is 288. The van der Waals surface area contributed by atoms with Crippen LogP contribution in [-0.2, 0) is 0 Å². The summed E-state index contributed by atoms with van der Waals surface area (Å²) in [4.78, 5) is 4.89. The SMILES string of the molecule is CCCCCCCCCCCCCCCN1C=CN(CC)C1C. The normalized spacial score (nSPS) is 17.4. The Morgan fingerprint density at radius 1 is 0.609 bits per heavy atom. The summed E-state index contributed by atoms with van der Waals surface area (Å²) in [6, 6.07) is 0. The fraction of sp³-hybridized carbons (Fsp3) is 0.905. The molecule has 23 heavy (non-hydrogen) atoms. The maximum Gasteiger partial charge on any atom is 0.0977 e. The van der Waals surface area contributed by atoms with Crippen LogP contribution in [0.1, 0.15) is 104 Å². The van der Waals surface area contributed by atoms with Crippen molar-refractivity contribution >= 4 is 0 Å². The molecule has 0 saturated carbocycles. The maximum atomic E-state index is 2.49. The summed E-state index contributed by atoms with van der Waals surface area (Å²) < 4.78 is 0. The van der Waals surface area contributed by atoms with Crippen LogP contribution in [0.5, 0.6) is 0 Å². The predicted molar refractivity (Wildman–Crippen MR) is 103 cm³/mol. The average Bonchev–Trinajstić information content (AvgIpc) is 2.92. The second-order valence-electron chi connectivity index (χ2n) is 7.24. The minimum Gasteiger partial charge on any atom is -0.357 e. The van der Waals surface area contributed by atoms with Crippen LogP contribution in [-0.4, -0.2) is 29.1 Å². The molecule has 1 heterocycles. The van der Waals surface area contributed by atoms with Gasteiger partial charge in [-0.25, -0.2) is 0 Å². The van der Waals surface area contributed by atoms with Crippen LogP contribution in [0, 0.1) is 0 Å². The molecule has 136 valence electrons. The van der Waals surface area contributed by atoms with Gasteiger partial charge in [0.05, 0.1) is 6.17 Å². The van der Waals surface area contributed by atoms with Gasteiger partial charge in [-0.05, 0) is 20.3 Å². The monoisotopic (exact) mass is 322 g/mol. The summed E-state index contributed by atoms with van der Waals surface area (Å²) in [5.41, 5.74) is 0. The lowest BCUT2D eigenvalue weighted by molar-refractivity contribution is 0.173. The number of rotatable bonds is 15. The van der Waals surface area contributed by atoms with E-state index in [0.717, 1.165) is 6.54 Å². The second kappa shape index (κ2) is 13.7. The van der Waals surface area contributed by atoms with Crippen molar-refractivity contribution in [3.05, 3.63) is 12.4 Å². The van der Waals surface area contributed by atoms with Crippen molar-refractivity contribution in [1.29, 1.82) is 0 Å². The quantitative estimate of drug-likeness (QED) is 0.316. The van der Waals surface area contributed by atoms with E-state index in [1.807, 2.05) is 0 Å². The molecule has 0 aliphatic carbocycles. The lowest BCUT2D eigenvalue weighted by Crippen LogP contribution is -2.36. The highest BCUT2D eigenvalue weighted by molar-refractivity contribution is 4.94. The van der Waals surface area contributed by atoms with Crippen molar-refractivity contribution in [3.63, 3.8) is 0 Å². The van der Waals surface area contributed by atoms with Gasteiger partial charge in [-0.15, -0.1) is 0 Å². The zero-order valence-electron chi connectivity index (χ0n) is 16.2. The van der Waals surface area contributed by atoms with Crippen molar-refractivity contribution in [3.8, 4) is 0 Å². The van der Waals surface area contributed by atoms with Crippen LogP contribution in [0.2, 0.25) is 0 Å². The molecular weight excluding hydrogens is 280 g/mol. The Hall–Kier alpha value is -0.660. The van der Waals surface area contributed by atoms with E-state index in [1.54, 1.807) is 0 Å². The Kier molecular flexibility index (Phi) is 12.2. The largest absolute Gasteiger partial charge is 0.357 e. The van der Waals surface area contributed by atoms with E-state index < -0.39 is 0 Å². The van der Waals surface area contributed by atoms with Gasteiger partial charge in [0, 0.05) is 25.5 Å². The van der Waals surface area contributed by atoms with E-state index in [-0.39, 0.29) is 0 Å². The molecule has 0 aromatic rings. The molecule has 1 aliphatic rings. The van der Waals surface area contributed by atoms with Crippen molar-refractivity contribution in [2.45, 2.75) is 110 Å². The predicted octanol–water partition coefficient (Wildman–Crippen LogP) is 6.53.